The van der Waals surface area contributed by atoms with Crippen molar-refractivity contribution in [1.29, 1.82) is 0 Å². The van der Waals surface area contributed by atoms with Crippen LogP contribution < -0.4 is 20.3 Å². The third kappa shape index (κ3) is 5.81. The Bertz CT molecular complexity index is 1380. The van der Waals surface area contributed by atoms with Crippen LogP contribution in [0.4, 0.5) is 5.69 Å². The van der Waals surface area contributed by atoms with Crippen molar-refractivity contribution in [3.8, 4) is 17.0 Å². The summed E-state index contributed by atoms with van der Waals surface area (Å²) in [7, 11) is 1.62. The summed E-state index contributed by atoms with van der Waals surface area (Å²) in [6.45, 7) is 2.71. The Balaban J connectivity index is 1.33. The van der Waals surface area contributed by atoms with Crippen LogP contribution in [0.3, 0.4) is 0 Å². The fraction of sp³-hybridized carbons (Fsp3) is 0.207. The molecule has 0 atom stereocenters. The molecule has 8 nitrogen and oxygen atoms in total. The first-order valence-electron chi connectivity index (χ1n) is 12.2. The maximum atomic E-state index is 13.3. The number of methoxy groups -OCH3 is 1. The molecule has 2 heterocycles. The van der Waals surface area contributed by atoms with Gasteiger partial charge in [-0.1, -0.05) is 54.6 Å². The molecule has 8 heteroatoms. The Morgan fingerprint density at radius 1 is 1.03 bits per heavy atom. The quantitative estimate of drug-likeness (QED) is 0.391. The lowest BCUT2D eigenvalue weighted by molar-refractivity contribution is -0.120. The van der Waals surface area contributed by atoms with E-state index in [1.807, 2.05) is 83.8 Å². The number of ether oxygens (including phenoxy) is 1. The number of amides is 2. The summed E-state index contributed by atoms with van der Waals surface area (Å²) in [5, 5.41) is 10.6. The first-order chi connectivity index (χ1) is 18.1. The van der Waals surface area contributed by atoms with Crippen molar-refractivity contribution in [2.24, 2.45) is 0 Å². The van der Waals surface area contributed by atoms with Gasteiger partial charge in [-0.2, -0.15) is 5.10 Å². The molecule has 0 bridgehead atoms. The van der Waals surface area contributed by atoms with Gasteiger partial charge in [0, 0.05) is 37.1 Å². The Morgan fingerprint density at radius 3 is 2.59 bits per heavy atom. The van der Waals surface area contributed by atoms with Gasteiger partial charge in [0.05, 0.1) is 25.8 Å². The first-order valence-corrected chi connectivity index (χ1v) is 12.2. The smallest absolute Gasteiger partial charge is 0.255 e. The molecule has 1 aliphatic heterocycles. The Morgan fingerprint density at radius 2 is 1.84 bits per heavy atom. The van der Waals surface area contributed by atoms with Gasteiger partial charge in [0.25, 0.3) is 5.91 Å². The highest BCUT2D eigenvalue weighted by Crippen LogP contribution is 2.26. The molecule has 0 radical (unpaired) electrons. The second-order valence-electron chi connectivity index (χ2n) is 8.93. The van der Waals surface area contributed by atoms with Crippen molar-refractivity contribution in [3.05, 3.63) is 102 Å². The number of hydrogen-bond donors (Lipinski definition) is 2. The zero-order valence-electron chi connectivity index (χ0n) is 20.7. The van der Waals surface area contributed by atoms with Gasteiger partial charge in [-0.15, -0.1) is 0 Å². The molecule has 5 rings (SSSR count). The van der Waals surface area contributed by atoms with Gasteiger partial charge in [-0.05, 0) is 35.4 Å². The van der Waals surface area contributed by atoms with E-state index in [1.54, 1.807) is 18.0 Å². The van der Waals surface area contributed by atoms with Crippen LogP contribution in [0, 0.1) is 0 Å². The Kier molecular flexibility index (Phi) is 7.16. The van der Waals surface area contributed by atoms with Crippen molar-refractivity contribution in [2.45, 2.75) is 13.1 Å². The van der Waals surface area contributed by atoms with Crippen molar-refractivity contribution in [1.82, 2.24) is 20.4 Å². The number of benzene rings is 3. The lowest BCUT2D eigenvalue weighted by Gasteiger charge is -2.28. The number of nitrogens with one attached hydrogen (secondary N) is 2. The molecular weight excluding hydrogens is 466 g/mol. The van der Waals surface area contributed by atoms with Gasteiger partial charge in [-0.3, -0.25) is 14.3 Å². The third-order valence-corrected chi connectivity index (χ3v) is 6.33. The number of rotatable bonds is 8. The monoisotopic (exact) mass is 495 g/mol. The van der Waals surface area contributed by atoms with Crippen LogP contribution >= 0.6 is 0 Å². The summed E-state index contributed by atoms with van der Waals surface area (Å²) < 4.78 is 7.18. The average Bonchev–Trinajstić information content (AvgIpc) is 3.36. The summed E-state index contributed by atoms with van der Waals surface area (Å²) in [6.07, 6.45) is 1.79. The van der Waals surface area contributed by atoms with Crippen molar-refractivity contribution in [2.75, 3.05) is 31.6 Å². The molecule has 2 N–H and O–H groups in total. The topological polar surface area (TPSA) is 88.5 Å². The molecule has 1 aliphatic rings. The molecule has 1 fully saturated rings. The summed E-state index contributed by atoms with van der Waals surface area (Å²) in [5.74, 6) is 0.531. The lowest BCUT2D eigenvalue weighted by Crippen LogP contribution is -2.47. The SMILES string of the molecule is COc1cccc(-c2nn(Cc3ccccc3)cc2C(=O)NCc2ccc(N3CCNC(=O)C3)cc2)c1. The molecule has 0 spiro atoms. The van der Waals surface area contributed by atoms with E-state index in [1.165, 1.54) is 0 Å². The molecule has 0 saturated carbocycles. The highest BCUT2D eigenvalue weighted by molar-refractivity contribution is 5.99. The number of carbonyl (C=O) groups is 2. The van der Waals surface area contributed by atoms with Crippen molar-refractivity contribution in [3.63, 3.8) is 0 Å². The normalized spacial score (nSPS) is 13.2. The number of piperazine rings is 1. The number of nitrogens with zero attached hydrogens (tertiary/aromatic N) is 3. The van der Waals surface area contributed by atoms with E-state index in [-0.39, 0.29) is 11.8 Å². The van der Waals surface area contributed by atoms with E-state index in [4.69, 9.17) is 9.84 Å². The minimum Gasteiger partial charge on any atom is -0.497 e. The predicted octanol–water partition coefficient (Wildman–Crippen LogP) is 3.47. The molecule has 0 unspecified atom stereocenters. The zero-order valence-corrected chi connectivity index (χ0v) is 20.7. The van der Waals surface area contributed by atoms with Crippen LogP contribution in [0.1, 0.15) is 21.5 Å². The van der Waals surface area contributed by atoms with Crippen LogP contribution in [0.25, 0.3) is 11.3 Å². The summed E-state index contributed by atoms with van der Waals surface area (Å²) in [5.41, 5.74) is 4.98. The standard InChI is InChI=1S/C29H29N5O3/c1-37-25-9-5-8-23(16-25)28-26(19-34(32-28)18-22-6-3-2-4-7-22)29(36)31-17-21-10-12-24(13-11-21)33-15-14-30-27(35)20-33/h2-13,16,19H,14-15,17-18,20H2,1H3,(H,30,35)(H,31,36). The fourth-order valence-electron chi connectivity index (χ4n) is 4.38. The minimum absolute atomic E-state index is 0.0299. The number of aromatic nitrogens is 2. The van der Waals surface area contributed by atoms with E-state index in [9.17, 15) is 9.59 Å². The van der Waals surface area contributed by atoms with Crippen molar-refractivity contribution < 1.29 is 14.3 Å². The van der Waals surface area contributed by atoms with Crippen LogP contribution in [-0.4, -0.2) is 48.3 Å². The molecule has 37 heavy (non-hydrogen) atoms. The fourth-order valence-corrected chi connectivity index (χ4v) is 4.38. The predicted molar refractivity (Wildman–Crippen MR) is 143 cm³/mol. The van der Waals surface area contributed by atoms with E-state index in [2.05, 4.69) is 10.6 Å². The second kappa shape index (κ2) is 11.0. The van der Waals surface area contributed by atoms with Gasteiger partial charge in [-0.25, -0.2) is 0 Å². The maximum absolute atomic E-state index is 13.3. The van der Waals surface area contributed by atoms with E-state index < -0.39 is 0 Å². The molecule has 1 aromatic heterocycles. The highest BCUT2D eigenvalue weighted by atomic mass is 16.5. The zero-order chi connectivity index (χ0) is 25.6. The summed E-state index contributed by atoms with van der Waals surface area (Å²) >= 11 is 0. The van der Waals surface area contributed by atoms with Gasteiger partial charge in [0.15, 0.2) is 0 Å². The average molecular weight is 496 g/mol. The van der Waals surface area contributed by atoms with E-state index in [0.29, 0.717) is 43.2 Å². The van der Waals surface area contributed by atoms with Gasteiger partial charge < -0.3 is 20.3 Å². The van der Waals surface area contributed by atoms with E-state index >= 15 is 0 Å². The van der Waals surface area contributed by atoms with Crippen LogP contribution in [0.15, 0.2) is 85.1 Å². The second-order valence-corrected chi connectivity index (χ2v) is 8.93. The lowest BCUT2D eigenvalue weighted by atomic mass is 10.1. The number of carbonyl (C=O) groups excluding carboxylic acids is 2. The largest absolute Gasteiger partial charge is 0.497 e. The summed E-state index contributed by atoms with van der Waals surface area (Å²) in [6, 6.07) is 25.5. The van der Waals surface area contributed by atoms with Gasteiger partial charge >= 0.3 is 0 Å². The molecule has 3 aromatic carbocycles. The molecule has 0 aliphatic carbocycles. The Labute approximate surface area is 215 Å². The number of hydrogen-bond acceptors (Lipinski definition) is 5. The first kappa shape index (κ1) is 24.1. The van der Waals surface area contributed by atoms with Gasteiger partial charge in [0.1, 0.15) is 11.4 Å². The van der Waals surface area contributed by atoms with E-state index in [0.717, 1.165) is 28.9 Å². The van der Waals surface area contributed by atoms with Crippen LogP contribution in [-0.2, 0) is 17.9 Å². The minimum atomic E-state index is -0.200. The maximum Gasteiger partial charge on any atom is 0.255 e. The molecule has 4 aromatic rings. The molecular formula is C29H29N5O3. The Hall–Kier alpha value is -4.59. The van der Waals surface area contributed by atoms with Crippen LogP contribution in [0.2, 0.25) is 0 Å². The molecule has 2 amide bonds. The molecule has 1 saturated heterocycles. The highest BCUT2D eigenvalue weighted by Gasteiger charge is 2.19. The number of anilines is 1. The van der Waals surface area contributed by atoms with Gasteiger partial charge in [0.2, 0.25) is 5.91 Å². The van der Waals surface area contributed by atoms with Crippen LogP contribution in [0.5, 0.6) is 5.75 Å². The summed E-state index contributed by atoms with van der Waals surface area (Å²) in [4.78, 5) is 27.1. The molecule has 188 valence electrons. The third-order valence-electron chi connectivity index (χ3n) is 6.33. The van der Waals surface area contributed by atoms with Crippen molar-refractivity contribution >= 4 is 17.5 Å².